The number of para-hydroxylation sites is 2. The molecular weight excluding hydrogens is 546 g/mol. The molecule has 0 aliphatic rings. The van der Waals surface area contributed by atoms with Crippen molar-refractivity contribution in [1.29, 1.82) is 0 Å². The summed E-state index contributed by atoms with van der Waals surface area (Å²) in [5, 5.41) is 2.84. The fraction of sp³-hybridized carbons (Fsp3) is 0.333. The Morgan fingerprint density at radius 3 is 2.23 bits per heavy atom. The summed E-state index contributed by atoms with van der Waals surface area (Å²) in [6, 6.07) is 21.7. The Morgan fingerprint density at radius 2 is 1.60 bits per heavy atom. The number of nitrogens with zero attached hydrogens (tertiary/aromatic N) is 2. The van der Waals surface area contributed by atoms with Crippen LogP contribution in [0.15, 0.2) is 88.7 Å². The first kappa shape index (κ1) is 31.0. The lowest BCUT2D eigenvalue weighted by molar-refractivity contribution is -0.139. The molecule has 0 heterocycles. The normalized spacial score (nSPS) is 11.9. The van der Waals surface area contributed by atoms with E-state index in [9.17, 15) is 18.0 Å². The van der Waals surface area contributed by atoms with E-state index in [-0.39, 0.29) is 23.0 Å². The van der Waals surface area contributed by atoms with Gasteiger partial charge in [0.15, 0.2) is 0 Å². The lowest BCUT2D eigenvalue weighted by Gasteiger charge is -2.32. The number of hydrogen-bond acceptors (Lipinski definition) is 6. The van der Waals surface area contributed by atoms with Gasteiger partial charge in [0, 0.05) is 18.0 Å². The van der Waals surface area contributed by atoms with E-state index in [1.165, 1.54) is 28.8 Å². The maximum atomic E-state index is 14.1. The van der Waals surface area contributed by atoms with Crippen molar-refractivity contribution in [2.45, 2.75) is 49.6 Å². The molecule has 40 heavy (non-hydrogen) atoms. The van der Waals surface area contributed by atoms with Gasteiger partial charge in [-0.3, -0.25) is 13.9 Å². The molecule has 10 heteroatoms. The predicted molar refractivity (Wildman–Crippen MR) is 160 cm³/mol. The fourth-order valence-corrected chi connectivity index (χ4v) is 5.92. The Morgan fingerprint density at radius 1 is 0.950 bits per heavy atom. The third kappa shape index (κ3) is 7.79. The molecule has 0 radical (unpaired) electrons. The molecule has 3 aromatic carbocycles. The van der Waals surface area contributed by atoms with Crippen LogP contribution in [0.3, 0.4) is 0 Å². The average Bonchev–Trinajstić information content (AvgIpc) is 2.98. The summed E-state index contributed by atoms with van der Waals surface area (Å²) >= 11 is 1.50. The third-order valence-electron chi connectivity index (χ3n) is 6.27. The second-order valence-corrected chi connectivity index (χ2v) is 11.8. The molecule has 214 valence electrons. The van der Waals surface area contributed by atoms with Gasteiger partial charge in [-0.05, 0) is 68.5 Å². The van der Waals surface area contributed by atoms with Crippen LogP contribution in [0.25, 0.3) is 0 Å². The topological polar surface area (TPSA) is 96.0 Å². The van der Waals surface area contributed by atoms with Crippen LogP contribution < -0.4 is 14.4 Å². The van der Waals surface area contributed by atoms with Crippen LogP contribution in [-0.2, 0) is 26.2 Å². The van der Waals surface area contributed by atoms with E-state index in [0.717, 1.165) is 21.2 Å². The summed E-state index contributed by atoms with van der Waals surface area (Å²) in [4.78, 5) is 29.3. The van der Waals surface area contributed by atoms with Crippen molar-refractivity contribution in [2.24, 2.45) is 0 Å². The van der Waals surface area contributed by atoms with Crippen molar-refractivity contribution in [1.82, 2.24) is 10.2 Å². The first-order chi connectivity index (χ1) is 19.2. The Kier molecular flexibility index (Phi) is 11.5. The molecule has 0 spiro atoms. The predicted octanol–water partition coefficient (Wildman–Crippen LogP) is 4.95. The first-order valence-corrected chi connectivity index (χ1v) is 15.9. The van der Waals surface area contributed by atoms with Crippen molar-refractivity contribution in [2.75, 3.05) is 30.3 Å². The molecule has 0 fully saturated rings. The smallest absolute Gasteiger partial charge is 0.264 e. The summed E-state index contributed by atoms with van der Waals surface area (Å²) in [5.41, 5.74) is 1.07. The number of carbonyl (C=O) groups is 2. The molecule has 0 bridgehead atoms. The van der Waals surface area contributed by atoms with Crippen LogP contribution in [0, 0.1) is 0 Å². The van der Waals surface area contributed by atoms with E-state index in [1.807, 2.05) is 43.5 Å². The third-order valence-corrected chi connectivity index (χ3v) is 8.79. The van der Waals surface area contributed by atoms with E-state index in [1.54, 1.807) is 50.2 Å². The second-order valence-electron chi connectivity index (χ2n) is 9.06. The van der Waals surface area contributed by atoms with Crippen molar-refractivity contribution < 1.29 is 22.7 Å². The zero-order valence-corrected chi connectivity index (χ0v) is 25.0. The van der Waals surface area contributed by atoms with Gasteiger partial charge in [0.25, 0.3) is 10.0 Å². The van der Waals surface area contributed by atoms with Crippen LogP contribution in [0.5, 0.6) is 5.75 Å². The molecule has 0 aliphatic carbocycles. The molecule has 0 aromatic heterocycles. The number of carbonyl (C=O) groups excluding carboxylic acids is 2. The molecular formula is C30H37N3O5S2. The molecule has 3 aromatic rings. The van der Waals surface area contributed by atoms with Gasteiger partial charge in [0.2, 0.25) is 11.8 Å². The van der Waals surface area contributed by atoms with Crippen molar-refractivity contribution in [3.63, 3.8) is 0 Å². The summed E-state index contributed by atoms with van der Waals surface area (Å²) < 4.78 is 35.0. The summed E-state index contributed by atoms with van der Waals surface area (Å²) in [6.45, 7) is 5.82. The van der Waals surface area contributed by atoms with Crippen LogP contribution in [0.4, 0.5) is 5.69 Å². The quantitative estimate of drug-likeness (QED) is 0.270. The molecule has 2 amide bonds. The molecule has 0 saturated heterocycles. The second kappa shape index (κ2) is 14.8. The van der Waals surface area contributed by atoms with Gasteiger partial charge >= 0.3 is 0 Å². The standard InChI is InChI=1S/C30H37N3O5S2/c1-5-20-31-30(35)23(3)32(21-24-12-8-7-9-13-24)29(34)22-33(27-14-10-11-15-28(27)38-6-2)40(36,37)26-18-16-25(39-4)17-19-26/h7-19,23H,5-6,20-22H2,1-4H3,(H,31,35)/t23-/m0/s1. The van der Waals surface area contributed by atoms with Gasteiger partial charge in [-0.1, -0.05) is 49.4 Å². The Bertz CT molecular complexity index is 1370. The fourth-order valence-electron chi connectivity index (χ4n) is 4.09. The zero-order valence-electron chi connectivity index (χ0n) is 23.4. The van der Waals surface area contributed by atoms with Crippen molar-refractivity contribution >= 4 is 39.3 Å². The monoisotopic (exact) mass is 583 g/mol. The highest BCUT2D eigenvalue weighted by atomic mass is 32.2. The van der Waals surface area contributed by atoms with E-state index >= 15 is 0 Å². The molecule has 8 nitrogen and oxygen atoms in total. The molecule has 0 aliphatic heterocycles. The minimum Gasteiger partial charge on any atom is -0.492 e. The van der Waals surface area contributed by atoms with Gasteiger partial charge in [0.1, 0.15) is 18.3 Å². The number of amides is 2. The van der Waals surface area contributed by atoms with E-state index in [0.29, 0.717) is 18.9 Å². The number of sulfonamides is 1. The largest absolute Gasteiger partial charge is 0.492 e. The number of benzene rings is 3. The number of hydrogen-bond donors (Lipinski definition) is 1. The lowest BCUT2D eigenvalue weighted by Crippen LogP contribution is -2.51. The van der Waals surface area contributed by atoms with Crippen LogP contribution >= 0.6 is 11.8 Å². The number of anilines is 1. The Labute approximate surface area is 241 Å². The minimum absolute atomic E-state index is 0.0488. The molecule has 1 N–H and O–H groups in total. The van der Waals surface area contributed by atoms with Crippen LogP contribution in [0.1, 0.15) is 32.8 Å². The number of rotatable bonds is 14. The zero-order chi connectivity index (χ0) is 29.1. The Balaban J connectivity index is 2.06. The van der Waals surface area contributed by atoms with E-state index in [4.69, 9.17) is 4.74 Å². The van der Waals surface area contributed by atoms with Crippen molar-refractivity contribution in [3.8, 4) is 5.75 Å². The summed E-state index contributed by atoms with van der Waals surface area (Å²) in [6.07, 6.45) is 2.66. The molecule has 0 saturated carbocycles. The van der Waals surface area contributed by atoms with E-state index < -0.39 is 28.5 Å². The van der Waals surface area contributed by atoms with Gasteiger partial charge in [-0.2, -0.15) is 0 Å². The lowest BCUT2D eigenvalue weighted by atomic mass is 10.1. The molecule has 0 unspecified atom stereocenters. The molecule has 1 atom stereocenters. The maximum absolute atomic E-state index is 14.1. The van der Waals surface area contributed by atoms with Crippen LogP contribution in [-0.4, -0.2) is 57.1 Å². The van der Waals surface area contributed by atoms with Gasteiger partial charge in [-0.25, -0.2) is 8.42 Å². The van der Waals surface area contributed by atoms with E-state index in [2.05, 4.69) is 5.32 Å². The highest BCUT2D eigenvalue weighted by Gasteiger charge is 2.33. The first-order valence-electron chi connectivity index (χ1n) is 13.2. The maximum Gasteiger partial charge on any atom is 0.264 e. The number of ether oxygens (including phenoxy) is 1. The SMILES string of the molecule is CCCNC(=O)[C@H](C)N(Cc1ccccc1)C(=O)CN(c1ccccc1OCC)S(=O)(=O)c1ccc(SC)cc1. The summed E-state index contributed by atoms with van der Waals surface area (Å²) in [7, 11) is -4.19. The van der Waals surface area contributed by atoms with Gasteiger partial charge in [0.05, 0.1) is 17.2 Å². The molecule has 3 rings (SSSR count). The Hall–Kier alpha value is -3.50. The number of thioether (sulfide) groups is 1. The van der Waals surface area contributed by atoms with Crippen LogP contribution in [0.2, 0.25) is 0 Å². The highest BCUT2D eigenvalue weighted by molar-refractivity contribution is 7.98. The summed E-state index contributed by atoms with van der Waals surface area (Å²) in [5.74, 6) is -0.480. The number of nitrogens with one attached hydrogen (secondary N) is 1. The highest BCUT2D eigenvalue weighted by Crippen LogP contribution is 2.33. The van der Waals surface area contributed by atoms with Crippen molar-refractivity contribution in [3.05, 3.63) is 84.4 Å². The van der Waals surface area contributed by atoms with Gasteiger partial charge < -0.3 is 15.0 Å². The van der Waals surface area contributed by atoms with Gasteiger partial charge in [-0.15, -0.1) is 11.8 Å². The minimum atomic E-state index is -4.19. The average molecular weight is 584 g/mol.